The van der Waals surface area contributed by atoms with E-state index in [1.54, 1.807) is 38.1 Å². The van der Waals surface area contributed by atoms with E-state index < -0.39 is 24.1 Å². The molecular weight excluding hydrogens is 376 g/mol. The molecule has 2 unspecified atom stereocenters. The molecule has 4 nitrogen and oxygen atoms in total. The highest BCUT2D eigenvalue weighted by molar-refractivity contribution is 5.90. The standard InChI is InChI=1S/C26H34O4/c1-5-7-9-21-11-15-23(16-12-21)25(27)29-19(3)20(4)30-26(28)24-17-13-22(14-18-24)10-8-6-2/h11-20H,5-10H2,1-4H3. The Hall–Kier alpha value is -2.62. The van der Waals surface area contributed by atoms with Crippen LogP contribution in [0.5, 0.6) is 0 Å². The summed E-state index contributed by atoms with van der Waals surface area (Å²) in [4.78, 5) is 24.8. The number of hydrogen-bond donors (Lipinski definition) is 0. The van der Waals surface area contributed by atoms with Crippen molar-refractivity contribution >= 4 is 11.9 Å². The van der Waals surface area contributed by atoms with Gasteiger partial charge in [-0.25, -0.2) is 9.59 Å². The number of benzene rings is 2. The summed E-state index contributed by atoms with van der Waals surface area (Å²) in [5.74, 6) is -0.819. The first kappa shape index (κ1) is 23.7. The van der Waals surface area contributed by atoms with Crippen molar-refractivity contribution in [1.29, 1.82) is 0 Å². The molecule has 0 aromatic heterocycles. The molecule has 30 heavy (non-hydrogen) atoms. The highest BCUT2D eigenvalue weighted by Gasteiger charge is 2.22. The Labute approximate surface area is 180 Å². The molecule has 2 atom stereocenters. The van der Waals surface area contributed by atoms with Gasteiger partial charge in [-0.05, 0) is 74.9 Å². The zero-order chi connectivity index (χ0) is 21.9. The molecule has 0 radical (unpaired) electrons. The fourth-order valence-corrected chi connectivity index (χ4v) is 3.04. The van der Waals surface area contributed by atoms with Gasteiger partial charge in [0.1, 0.15) is 12.2 Å². The minimum atomic E-state index is -0.551. The van der Waals surface area contributed by atoms with Gasteiger partial charge in [-0.3, -0.25) is 0 Å². The van der Waals surface area contributed by atoms with Crippen molar-refractivity contribution in [3.8, 4) is 0 Å². The number of carbonyl (C=O) groups excluding carboxylic acids is 2. The zero-order valence-electron chi connectivity index (χ0n) is 18.6. The summed E-state index contributed by atoms with van der Waals surface area (Å²) < 4.78 is 11.0. The van der Waals surface area contributed by atoms with Crippen LogP contribution in [0.2, 0.25) is 0 Å². The van der Waals surface area contributed by atoms with Gasteiger partial charge in [0, 0.05) is 0 Å². The van der Waals surface area contributed by atoms with Crippen LogP contribution in [0.4, 0.5) is 0 Å². The number of rotatable bonds is 11. The molecule has 0 N–H and O–H groups in total. The fraction of sp³-hybridized carbons (Fsp3) is 0.462. The average Bonchev–Trinajstić information content (AvgIpc) is 2.76. The van der Waals surface area contributed by atoms with Crippen molar-refractivity contribution in [3.63, 3.8) is 0 Å². The van der Waals surface area contributed by atoms with E-state index in [-0.39, 0.29) is 0 Å². The highest BCUT2D eigenvalue weighted by Crippen LogP contribution is 2.14. The topological polar surface area (TPSA) is 52.6 Å². The van der Waals surface area contributed by atoms with E-state index in [9.17, 15) is 9.59 Å². The first-order chi connectivity index (χ1) is 14.4. The maximum absolute atomic E-state index is 12.4. The van der Waals surface area contributed by atoms with Crippen LogP contribution in [-0.2, 0) is 22.3 Å². The van der Waals surface area contributed by atoms with E-state index in [0.717, 1.165) is 38.5 Å². The van der Waals surface area contributed by atoms with Crippen LogP contribution in [0.25, 0.3) is 0 Å². The first-order valence-electron chi connectivity index (χ1n) is 11.0. The van der Waals surface area contributed by atoms with Crippen molar-refractivity contribution in [3.05, 3.63) is 70.8 Å². The summed E-state index contributed by atoms with van der Waals surface area (Å²) in [6.07, 6.45) is 5.46. The third kappa shape index (κ3) is 7.33. The van der Waals surface area contributed by atoms with Crippen LogP contribution in [0, 0.1) is 0 Å². The Bertz CT molecular complexity index is 723. The second-order valence-electron chi connectivity index (χ2n) is 7.82. The summed E-state index contributed by atoms with van der Waals surface area (Å²) >= 11 is 0. The molecule has 2 rings (SSSR count). The van der Waals surface area contributed by atoms with Gasteiger partial charge in [0.2, 0.25) is 0 Å². The van der Waals surface area contributed by atoms with Crippen LogP contribution in [0.3, 0.4) is 0 Å². The van der Waals surface area contributed by atoms with E-state index in [2.05, 4.69) is 13.8 Å². The van der Waals surface area contributed by atoms with Crippen molar-refractivity contribution in [2.75, 3.05) is 0 Å². The predicted molar refractivity (Wildman–Crippen MR) is 120 cm³/mol. The second kappa shape index (κ2) is 12.2. The van der Waals surface area contributed by atoms with Gasteiger partial charge in [0.25, 0.3) is 0 Å². The quantitative estimate of drug-likeness (QED) is 0.416. The molecule has 2 aromatic carbocycles. The smallest absolute Gasteiger partial charge is 0.338 e. The number of esters is 2. The van der Waals surface area contributed by atoms with Crippen LogP contribution >= 0.6 is 0 Å². The van der Waals surface area contributed by atoms with Crippen LogP contribution < -0.4 is 0 Å². The van der Waals surface area contributed by atoms with Crippen LogP contribution in [0.15, 0.2) is 48.5 Å². The summed E-state index contributed by atoms with van der Waals surface area (Å²) in [6, 6.07) is 15.0. The van der Waals surface area contributed by atoms with Gasteiger partial charge in [-0.2, -0.15) is 0 Å². The molecule has 0 saturated heterocycles. The van der Waals surface area contributed by atoms with Gasteiger partial charge in [-0.1, -0.05) is 51.0 Å². The van der Waals surface area contributed by atoms with E-state index in [1.165, 1.54) is 11.1 Å². The van der Waals surface area contributed by atoms with Crippen molar-refractivity contribution in [2.45, 2.75) is 78.4 Å². The molecule has 0 amide bonds. The molecule has 0 spiro atoms. The number of aryl methyl sites for hydroxylation is 2. The molecule has 4 heteroatoms. The molecule has 0 heterocycles. The largest absolute Gasteiger partial charge is 0.455 e. The van der Waals surface area contributed by atoms with Gasteiger partial charge in [-0.15, -0.1) is 0 Å². The molecule has 162 valence electrons. The lowest BCUT2D eigenvalue weighted by atomic mass is 10.1. The van der Waals surface area contributed by atoms with Crippen LogP contribution in [0.1, 0.15) is 85.2 Å². The third-order valence-corrected chi connectivity index (χ3v) is 5.26. The molecule has 0 aliphatic heterocycles. The van der Waals surface area contributed by atoms with Gasteiger partial charge < -0.3 is 9.47 Å². The van der Waals surface area contributed by atoms with Crippen molar-refractivity contribution in [2.24, 2.45) is 0 Å². The minimum Gasteiger partial charge on any atom is -0.455 e. The number of ether oxygens (including phenoxy) is 2. The Morgan fingerprint density at radius 1 is 0.667 bits per heavy atom. The summed E-state index contributed by atoms with van der Waals surface area (Å²) in [5, 5.41) is 0. The third-order valence-electron chi connectivity index (χ3n) is 5.26. The summed E-state index contributed by atoms with van der Waals surface area (Å²) in [6.45, 7) is 7.78. The maximum Gasteiger partial charge on any atom is 0.338 e. The number of unbranched alkanes of at least 4 members (excludes halogenated alkanes) is 2. The predicted octanol–water partition coefficient (Wildman–Crippen LogP) is 6.16. The normalized spacial score (nSPS) is 12.8. The average molecular weight is 411 g/mol. The van der Waals surface area contributed by atoms with E-state index >= 15 is 0 Å². The van der Waals surface area contributed by atoms with E-state index in [4.69, 9.17) is 9.47 Å². The monoisotopic (exact) mass is 410 g/mol. The lowest BCUT2D eigenvalue weighted by Crippen LogP contribution is -2.30. The Morgan fingerprint density at radius 2 is 1.00 bits per heavy atom. The van der Waals surface area contributed by atoms with Crippen molar-refractivity contribution in [1.82, 2.24) is 0 Å². The maximum atomic E-state index is 12.4. The molecule has 0 bridgehead atoms. The van der Waals surface area contributed by atoms with Crippen LogP contribution in [-0.4, -0.2) is 24.1 Å². The van der Waals surface area contributed by atoms with E-state index in [0.29, 0.717) is 11.1 Å². The Kier molecular flexibility index (Phi) is 9.59. The summed E-state index contributed by atoms with van der Waals surface area (Å²) in [7, 11) is 0. The van der Waals surface area contributed by atoms with E-state index in [1.807, 2.05) is 24.3 Å². The first-order valence-corrected chi connectivity index (χ1v) is 11.0. The van der Waals surface area contributed by atoms with Crippen molar-refractivity contribution < 1.29 is 19.1 Å². The van der Waals surface area contributed by atoms with Gasteiger partial charge >= 0.3 is 11.9 Å². The SMILES string of the molecule is CCCCc1ccc(C(=O)OC(C)C(C)OC(=O)c2ccc(CCCC)cc2)cc1. The zero-order valence-corrected chi connectivity index (χ0v) is 18.6. The highest BCUT2D eigenvalue weighted by atomic mass is 16.6. The number of carbonyl (C=O) groups is 2. The molecular formula is C26H34O4. The molecule has 0 saturated carbocycles. The lowest BCUT2D eigenvalue weighted by Gasteiger charge is -2.21. The molecule has 0 aliphatic carbocycles. The van der Waals surface area contributed by atoms with Gasteiger partial charge in [0.05, 0.1) is 11.1 Å². The second-order valence-corrected chi connectivity index (χ2v) is 7.82. The molecule has 0 fully saturated rings. The summed E-state index contributed by atoms with van der Waals surface area (Å²) in [5.41, 5.74) is 3.43. The minimum absolute atomic E-state index is 0.410. The van der Waals surface area contributed by atoms with Gasteiger partial charge in [0.15, 0.2) is 0 Å². The number of hydrogen-bond acceptors (Lipinski definition) is 4. The Balaban J connectivity index is 1.86. The molecule has 0 aliphatic rings. The molecule has 2 aromatic rings. The fourth-order valence-electron chi connectivity index (χ4n) is 3.04. The Morgan fingerprint density at radius 3 is 1.30 bits per heavy atom. The lowest BCUT2D eigenvalue weighted by molar-refractivity contribution is -0.0239.